The molecule has 3 rings (SSSR count). The Morgan fingerprint density at radius 2 is 1.77 bits per heavy atom. The van der Waals surface area contributed by atoms with Gasteiger partial charge in [-0.1, -0.05) is 0 Å². The lowest BCUT2D eigenvalue weighted by molar-refractivity contribution is 0.0946. The van der Waals surface area contributed by atoms with E-state index in [0.29, 0.717) is 12.2 Å². The van der Waals surface area contributed by atoms with E-state index >= 15 is 0 Å². The Labute approximate surface area is 153 Å². The van der Waals surface area contributed by atoms with Crippen LogP contribution in [-0.2, 0) is 0 Å². The maximum atomic E-state index is 12.1. The Hall–Kier alpha value is -2.74. The summed E-state index contributed by atoms with van der Waals surface area (Å²) in [6.45, 7) is 4.87. The third-order valence-electron chi connectivity index (χ3n) is 4.30. The molecule has 0 radical (unpaired) electrons. The van der Waals surface area contributed by atoms with Gasteiger partial charge in [0, 0.05) is 51.7 Å². The number of pyridine rings is 1. The quantitative estimate of drug-likeness (QED) is 0.808. The number of nitrogens with one attached hydrogen (secondary N) is 1. The lowest BCUT2D eigenvalue weighted by Crippen LogP contribution is -2.47. The molecule has 26 heavy (non-hydrogen) atoms. The van der Waals surface area contributed by atoms with Gasteiger partial charge in [-0.15, -0.1) is 0 Å². The number of carbonyl (C=O) groups excluding carboxylic acids is 1. The topological polar surface area (TPSA) is 77.5 Å². The zero-order valence-corrected chi connectivity index (χ0v) is 15.3. The molecule has 0 bridgehead atoms. The van der Waals surface area contributed by atoms with E-state index in [-0.39, 0.29) is 5.91 Å². The van der Waals surface area contributed by atoms with Gasteiger partial charge >= 0.3 is 0 Å². The number of rotatable bonds is 6. The molecular weight excluding hydrogens is 330 g/mol. The highest BCUT2D eigenvalue weighted by Gasteiger charge is 2.19. The first-order valence-corrected chi connectivity index (χ1v) is 8.79. The molecule has 0 spiro atoms. The fourth-order valence-corrected chi connectivity index (χ4v) is 2.81. The van der Waals surface area contributed by atoms with Crippen LogP contribution in [0.25, 0.3) is 0 Å². The van der Waals surface area contributed by atoms with E-state index in [1.54, 1.807) is 24.7 Å². The predicted molar refractivity (Wildman–Crippen MR) is 102 cm³/mol. The molecule has 1 fully saturated rings. The summed E-state index contributed by atoms with van der Waals surface area (Å²) in [5.41, 5.74) is 1.48. The van der Waals surface area contributed by atoms with Crippen molar-refractivity contribution in [3.05, 3.63) is 42.5 Å². The number of piperazine rings is 1. The van der Waals surface area contributed by atoms with Crippen LogP contribution in [-0.4, -0.2) is 79.1 Å². The van der Waals surface area contributed by atoms with Gasteiger partial charge < -0.3 is 20.0 Å². The lowest BCUT2D eigenvalue weighted by Gasteiger charge is -2.35. The number of nitrogens with zero attached hydrogens (tertiary/aromatic N) is 6. The molecule has 0 unspecified atom stereocenters. The van der Waals surface area contributed by atoms with Crippen LogP contribution in [0.15, 0.2) is 36.8 Å². The Kier molecular flexibility index (Phi) is 5.96. The van der Waals surface area contributed by atoms with Crippen molar-refractivity contribution in [1.29, 1.82) is 0 Å². The molecular formula is C18H25N7O. The summed E-state index contributed by atoms with van der Waals surface area (Å²) in [4.78, 5) is 31.5. The molecule has 1 amide bonds. The average molecular weight is 355 g/mol. The van der Waals surface area contributed by atoms with Gasteiger partial charge in [-0.2, -0.15) is 0 Å². The zero-order valence-electron chi connectivity index (χ0n) is 15.3. The van der Waals surface area contributed by atoms with Crippen molar-refractivity contribution >= 4 is 17.5 Å². The second-order valence-electron chi connectivity index (χ2n) is 6.48. The molecule has 1 aliphatic rings. The Balaban J connectivity index is 1.52. The summed E-state index contributed by atoms with van der Waals surface area (Å²) in [7, 11) is 3.95. The highest BCUT2D eigenvalue weighted by molar-refractivity contribution is 5.92. The third kappa shape index (κ3) is 4.66. The SMILES string of the molecule is CN(C)CCNC(=O)c1ccc(N2CCN(c3ncccn3)CC2)cn1. The standard InChI is InChI=1S/C18H25N7O/c1-23(2)9-8-19-17(26)16-5-4-15(14-22-16)24-10-12-25(13-11-24)18-20-6-3-7-21-18/h3-7,14H,8-13H2,1-2H3,(H,19,26). The van der Waals surface area contributed by atoms with Gasteiger partial charge in [-0.25, -0.2) is 15.0 Å². The molecule has 1 saturated heterocycles. The molecule has 0 atom stereocenters. The minimum atomic E-state index is -0.135. The normalized spacial score (nSPS) is 14.6. The van der Waals surface area contributed by atoms with E-state index < -0.39 is 0 Å². The Morgan fingerprint density at radius 3 is 2.38 bits per heavy atom. The minimum absolute atomic E-state index is 0.135. The molecule has 2 aromatic rings. The van der Waals surface area contributed by atoms with Gasteiger partial charge in [0.2, 0.25) is 5.95 Å². The fraction of sp³-hybridized carbons (Fsp3) is 0.444. The van der Waals surface area contributed by atoms with Gasteiger partial charge in [0.05, 0.1) is 11.9 Å². The van der Waals surface area contributed by atoms with E-state index in [2.05, 4.69) is 30.1 Å². The highest BCUT2D eigenvalue weighted by Crippen LogP contribution is 2.17. The number of anilines is 2. The molecule has 138 valence electrons. The van der Waals surface area contributed by atoms with Crippen LogP contribution in [0.5, 0.6) is 0 Å². The van der Waals surface area contributed by atoms with Crippen LogP contribution in [0.1, 0.15) is 10.5 Å². The summed E-state index contributed by atoms with van der Waals surface area (Å²) in [5.74, 6) is 0.638. The van der Waals surface area contributed by atoms with Gasteiger partial charge in [-0.3, -0.25) is 4.79 Å². The molecule has 8 heteroatoms. The van der Waals surface area contributed by atoms with Crippen LogP contribution in [0.3, 0.4) is 0 Å². The Bertz CT molecular complexity index is 697. The number of hydrogen-bond donors (Lipinski definition) is 1. The summed E-state index contributed by atoms with van der Waals surface area (Å²) in [5, 5.41) is 2.88. The van der Waals surface area contributed by atoms with E-state index in [1.807, 2.05) is 31.1 Å². The molecule has 0 aliphatic carbocycles. The molecule has 0 saturated carbocycles. The second-order valence-corrected chi connectivity index (χ2v) is 6.48. The highest BCUT2D eigenvalue weighted by atomic mass is 16.1. The van der Waals surface area contributed by atoms with Gasteiger partial charge in [0.15, 0.2) is 0 Å². The van der Waals surface area contributed by atoms with Crippen LogP contribution in [0.2, 0.25) is 0 Å². The summed E-state index contributed by atoms with van der Waals surface area (Å²) < 4.78 is 0. The number of carbonyl (C=O) groups is 1. The van der Waals surface area contributed by atoms with Crippen molar-refractivity contribution in [3.8, 4) is 0 Å². The number of amides is 1. The van der Waals surface area contributed by atoms with Crippen molar-refractivity contribution in [1.82, 2.24) is 25.2 Å². The summed E-state index contributed by atoms with van der Waals surface area (Å²) in [6, 6.07) is 5.57. The van der Waals surface area contributed by atoms with E-state index in [4.69, 9.17) is 0 Å². The van der Waals surface area contributed by atoms with Gasteiger partial charge in [-0.05, 0) is 32.3 Å². The minimum Gasteiger partial charge on any atom is -0.367 e. The van der Waals surface area contributed by atoms with E-state index in [9.17, 15) is 4.79 Å². The fourth-order valence-electron chi connectivity index (χ4n) is 2.81. The zero-order chi connectivity index (χ0) is 18.4. The van der Waals surface area contributed by atoms with Crippen LogP contribution in [0, 0.1) is 0 Å². The van der Waals surface area contributed by atoms with Crippen molar-refractivity contribution < 1.29 is 4.79 Å². The molecule has 1 aliphatic heterocycles. The average Bonchev–Trinajstić information content (AvgIpc) is 2.68. The van der Waals surface area contributed by atoms with Crippen LogP contribution >= 0.6 is 0 Å². The molecule has 3 heterocycles. The first kappa shape index (κ1) is 18.1. The maximum absolute atomic E-state index is 12.1. The first-order valence-electron chi connectivity index (χ1n) is 8.79. The number of hydrogen-bond acceptors (Lipinski definition) is 7. The van der Waals surface area contributed by atoms with Crippen LogP contribution < -0.4 is 15.1 Å². The first-order chi connectivity index (χ1) is 12.6. The van der Waals surface area contributed by atoms with Gasteiger partial charge in [0.25, 0.3) is 5.91 Å². The molecule has 1 N–H and O–H groups in total. The van der Waals surface area contributed by atoms with Crippen LogP contribution in [0.4, 0.5) is 11.6 Å². The Morgan fingerprint density at radius 1 is 1.08 bits per heavy atom. The largest absolute Gasteiger partial charge is 0.367 e. The third-order valence-corrected chi connectivity index (χ3v) is 4.30. The van der Waals surface area contributed by atoms with Crippen molar-refractivity contribution in [2.75, 3.05) is 63.2 Å². The van der Waals surface area contributed by atoms with Crippen molar-refractivity contribution in [2.24, 2.45) is 0 Å². The van der Waals surface area contributed by atoms with Gasteiger partial charge in [0.1, 0.15) is 5.69 Å². The second kappa shape index (κ2) is 8.57. The van der Waals surface area contributed by atoms with E-state index in [0.717, 1.165) is 44.4 Å². The smallest absolute Gasteiger partial charge is 0.269 e. The summed E-state index contributed by atoms with van der Waals surface area (Å²) in [6.07, 6.45) is 5.30. The summed E-state index contributed by atoms with van der Waals surface area (Å²) >= 11 is 0. The van der Waals surface area contributed by atoms with Crippen molar-refractivity contribution in [3.63, 3.8) is 0 Å². The number of likely N-dealkylation sites (N-methyl/N-ethyl adjacent to an activating group) is 1. The lowest BCUT2D eigenvalue weighted by atomic mass is 10.2. The monoisotopic (exact) mass is 355 g/mol. The molecule has 2 aromatic heterocycles. The maximum Gasteiger partial charge on any atom is 0.269 e. The molecule has 0 aromatic carbocycles. The number of aromatic nitrogens is 3. The predicted octanol–water partition coefficient (Wildman–Crippen LogP) is 0.490. The molecule has 8 nitrogen and oxygen atoms in total. The van der Waals surface area contributed by atoms with Crippen molar-refractivity contribution in [2.45, 2.75) is 0 Å². The van der Waals surface area contributed by atoms with E-state index in [1.165, 1.54) is 0 Å².